The number of aromatic nitrogens is 1. The fraction of sp³-hybridized carbons (Fsp3) is 0.643. The molecule has 3 heteroatoms. The van der Waals surface area contributed by atoms with E-state index in [0.29, 0.717) is 6.04 Å². The van der Waals surface area contributed by atoms with Gasteiger partial charge in [-0.2, -0.15) is 0 Å². The van der Waals surface area contributed by atoms with Crippen LogP contribution in [-0.2, 0) is 0 Å². The van der Waals surface area contributed by atoms with Crippen LogP contribution in [0.2, 0.25) is 0 Å². The number of hydrogen-bond acceptors (Lipinski definition) is 3. The molecule has 0 radical (unpaired) electrons. The lowest BCUT2D eigenvalue weighted by atomic mass is 10.2. The predicted molar refractivity (Wildman–Crippen MR) is 74.5 cm³/mol. The standard InChI is InChI=1S/C14H25N3/c1-5-6-7-10-17(4)13-8-9-14(16-11-13)12(2)15-3/h8-9,11-12,15H,5-7,10H2,1-4H3. The molecule has 17 heavy (non-hydrogen) atoms. The minimum Gasteiger partial charge on any atom is -0.373 e. The Morgan fingerprint density at radius 1 is 1.35 bits per heavy atom. The normalized spacial score (nSPS) is 12.5. The van der Waals surface area contributed by atoms with Gasteiger partial charge in [-0.15, -0.1) is 0 Å². The Hall–Kier alpha value is -1.09. The van der Waals surface area contributed by atoms with Crippen LogP contribution in [0.5, 0.6) is 0 Å². The van der Waals surface area contributed by atoms with Gasteiger partial charge in [0.05, 0.1) is 17.6 Å². The van der Waals surface area contributed by atoms with Gasteiger partial charge in [-0.1, -0.05) is 19.8 Å². The van der Waals surface area contributed by atoms with Crippen LogP contribution in [0.1, 0.15) is 44.8 Å². The van der Waals surface area contributed by atoms with E-state index in [1.165, 1.54) is 24.9 Å². The molecule has 1 N–H and O–H groups in total. The second-order valence-corrected chi connectivity index (χ2v) is 4.58. The molecular weight excluding hydrogens is 210 g/mol. The van der Waals surface area contributed by atoms with Crippen LogP contribution in [0.3, 0.4) is 0 Å². The molecule has 0 amide bonds. The van der Waals surface area contributed by atoms with Crippen molar-refractivity contribution in [2.45, 2.75) is 39.2 Å². The lowest BCUT2D eigenvalue weighted by Crippen LogP contribution is -2.19. The summed E-state index contributed by atoms with van der Waals surface area (Å²) in [5, 5.41) is 3.20. The van der Waals surface area contributed by atoms with E-state index in [1.807, 2.05) is 13.2 Å². The first-order valence-corrected chi connectivity index (χ1v) is 6.53. The molecule has 0 aromatic carbocycles. The Kier molecular flexibility index (Phi) is 5.98. The fourth-order valence-electron chi connectivity index (χ4n) is 1.76. The molecule has 0 aliphatic carbocycles. The SMILES string of the molecule is CCCCCN(C)c1ccc(C(C)NC)nc1. The quantitative estimate of drug-likeness (QED) is 0.736. The molecule has 0 spiro atoms. The average Bonchev–Trinajstić information content (AvgIpc) is 2.38. The molecule has 1 rings (SSSR count). The van der Waals surface area contributed by atoms with Gasteiger partial charge < -0.3 is 10.2 Å². The molecule has 0 saturated heterocycles. The summed E-state index contributed by atoms with van der Waals surface area (Å²) in [5.41, 5.74) is 2.30. The first kappa shape index (κ1) is 14.0. The highest BCUT2D eigenvalue weighted by Crippen LogP contribution is 2.15. The number of nitrogens with one attached hydrogen (secondary N) is 1. The third-order valence-corrected chi connectivity index (χ3v) is 3.19. The van der Waals surface area contributed by atoms with Gasteiger partial charge in [0, 0.05) is 19.6 Å². The van der Waals surface area contributed by atoms with Gasteiger partial charge >= 0.3 is 0 Å². The molecule has 96 valence electrons. The number of rotatable bonds is 7. The molecule has 0 aliphatic rings. The second kappa shape index (κ2) is 7.28. The monoisotopic (exact) mass is 235 g/mol. The minimum atomic E-state index is 0.314. The summed E-state index contributed by atoms with van der Waals surface area (Å²) in [7, 11) is 4.09. The Labute approximate surface area is 105 Å². The third-order valence-electron chi connectivity index (χ3n) is 3.19. The summed E-state index contributed by atoms with van der Waals surface area (Å²) in [6, 6.07) is 4.57. The molecule has 1 heterocycles. The Morgan fingerprint density at radius 3 is 2.65 bits per heavy atom. The molecular formula is C14H25N3. The van der Waals surface area contributed by atoms with Crippen molar-refractivity contribution in [2.75, 3.05) is 25.5 Å². The lowest BCUT2D eigenvalue weighted by molar-refractivity contribution is 0.632. The zero-order valence-electron chi connectivity index (χ0n) is 11.5. The van der Waals surface area contributed by atoms with E-state index in [2.05, 4.69) is 48.2 Å². The average molecular weight is 235 g/mol. The van der Waals surface area contributed by atoms with E-state index < -0.39 is 0 Å². The summed E-state index contributed by atoms with van der Waals surface area (Å²) in [6.07, 6.45) is 5.79. The molecule has 0 saturated carbocycles. The number of hydrogen-bond donors (Lipinski definition) is 1. The van der Waals surface area contributed by atoms with Crippen LogP contribution in [0, 0.1) is 0 Å². The zero-order valence-corrected chi connectivity index (χ0v) is 11.5. The highest BCUT2D eigenvalue weighted by atomic mass is 15.1. The van der Waals surface area contributed by atoms with Crippen molar-refractivity contribution in [2.24, 2.45) is 0 Å². The van der Waals surface area contributed by atoms with E-state index in [9.17, 15) is 0 Å². The van der Waals surface area contributed by atoms with Gasteiger partial charge in [0.15, 0.2) is 0 Å². The Bertz CT molecular complexity index is 308. The molecule has 3 nitrogen and oxygen atoms in total. The first-order chi connectivity index (χ1) is 8.19. The minimum absolute atomic E-state index is 0.314. The van der Waals surface area contributed by atoms with Crippen molar-refractivity contribution in [3.8, 4) is 0 Å². The highest BCUT2D eigenvalue weighted by Gasteiger charge is 2.05. The van der Waals surface area contributed by atoms with Crippen LogP contribution in [-0.4, -0.2) is 25.6 Å². The van der Waals surface area contributed by atoms with Crippen molar-refractivity contribution in [1.29, 1.82) is 0 Å². The number of anilines is 1. The second-order valence-electron chi connectivity index (χ2n) is 4.58. The topological polar surface area (TPSA) is 28.2 Å². The number of unbranched alkanes of at least 4 members (excludes halogenated alkanes) is 2. The van der Waals surface area contributed by atoms with Crippen LogP contribution >= 0.6 is 0 Å². The summed E-state index contributed by atoms with van der Waals surface area (Å²) in [5.74, 6) is 0. The molecule has 1 aromatic rings. The van der Waals surface area contributed by atoms with Gasteiger partial charge in [0.1, 0.15) is 0 Å². The zero-order chi connectivity index (χ0) is 12.7. The van der Waals surface area contributed by atoms with Gasteiger partial charge in [-0.25, -0.2) is 0 Å². The largest absolute Gasteiger partial charge is 0.373 e. The predicted octanol–water partition coefficient (Wildman–Crippen LogP) is 2.99. The van der Waals surface area contributed by atoms with E-state index in [0.717, 1.165) is 12.2 Å². The van der Waals surface area contributed by atoms with Crippen molar-refractivity contribution in [3.05, 3.63) is 24.0 Å². The van der Waals surface area contributed by atoms with Gasteiger partial charge in [-0.3, -0.25) is 4.98 Å². The van der Waals surface area contributed by atoms with Crippen molar-refractivity contribution in [1.82, 2.24) is 10.3 Å². The van der Waals surface area contributed by atoms with Gasteiger partial charge in [0.2, 0.25) is 0 Å². The molecule has 1 unspecified atom stereocenters. The summed E-state index contributed by atoms with van der Waals surface area (Å²) >= 11 is 0. The van der Waals surface area contributed by atoms with Crippen LogP contribution < -0.4 is 10.2 Å². The van der Waals surface area contributed by atoms with Crippen molar-refractivity contribution >= 4 is 5.69 Å². The smallest absolute Gasteiger partial charge is 0.0571 e. The molecule has 0 fully saturated rings. The van der Waals surface area contributed by atoms with Crippen molar-refractivity contribution < 1.29 is 0 Å². The summed E-state index contributed by atoms with van der Waals surface area (Å²) < 4.78 is 0. The van der Waals surface area contributed by atoms with E-state index in [1.54, 1.807) is 0 Å². The maximum atomic E-state index is 4.49. The summed E-state index contributed by atoms with van der Waals surface area (Å²) in [4.78, 5) is 6.77. The third kappa shape index (κ3) is 4.35. The Morgan fingerprint density at radius 2 is 2.12 bits per heavy atom. The van der Waals surface area contributed by atoms with E-state index in [-0.39, 0.29) is 0 Å². The van der Waals surface area contributed by atoms with Crippen LogP contribution in [0.4, 0.5) is 5.69 Å². The maximum Gasteiger partial charge on any atom is 0.0571 e. The van der Waals surface area contributed by atoms with Crippen LogP contribution in [0.15, 0.2) is 18.3 Å². The molecule has 1 aromatic heterocycles. The molecule has 1 atom stereocenters. The molecule has 0 aliphatic heterocycles. The number of nitrogens with zero attached hydrogens (tertiary/aromatic N) is 2. The molecule has 0 bridgehead atoms. The highest BCUT2D eigenvalue weighted by molar-refractivity contribution is 5.43. The number of pyridine rings is 1. The lowest BCUT2D eigenvalue weighted by Gasteiger charge is -2.19. The van der Waals surface area contributed by atoms with Crippen LogP contribution in [0.25, 0.3) is 0 Å². The van der Waals surface area contributed by atoms with Gasteiger partial charge in [-0.05, 0) is 32.5 Å². The Balaban J connectivity index is 2.54. The van der Waals surface area contributed by atoms with E-state index in [4.69, 9.17) is 0 Å². The maximum absolute atomic E-state index is 4.49. The summed E-state index contributed by atoms with van der Waals surface area (Å²) in [6.45, 7) is 5.46. The van der Waals surface area contributed by atoms with Crippen molar-refractivity contribution in [3.63, 3.8) is 0 Å². The first-order valence-electron chi connectivity index (χ1n) is 6.53. The fourth-order valence-corrected chi connectivity index (χ4v) is 1.76. The van der Waals surface area contributed by atoms with E-state index >= 15 is 0 Å². The van der Waals surface area contributed by atoms with Gasteiger partial charge in [0.25, 0.3) is 0 Å².